The van der Waals surface area contributed by atoms with Gasteiger partial charge in [0.2, 0.25) is 0 Å². The third-order valence-corrected chi connectivity index (χ3v) is 4.08. The molecular weight excluding hydrogens is 292 g/mol. The van der Waals surface area contributed by atoms with Gasteiger partial charge < -0.3 is 10.2 Å². The minimum atomic E-state index is 0.0153. The smallest absolute Gasteiger partial charge is 0.274 e. The van der Waals surface area contributed by atoms with Crippen LogP contribution in [0.2, 0.25) is 0 Å². The van der Waals surface area contributed by atoms with Gasteiger partial charge in [-0.2, -0.15) is 10.2 Å². The standard InChI is InChI=1S/C16H22N6O/c1-2-4-13-11-14(20-19-13)16(23)22-9-6-12(7-10-22)18-15-5-3-8-17-21-15/h3,5,8,11-12H,2,4,6-7,9-10H2,1H3,(H,18,21)(H,19,20). The lowest BCUT2D eigenvalue weighted by Gasteiger charge is -2.32. The van der Waals surface area contributed by atoms with E-state index in [9.17, 15) is 4.79 Å². The van der Waals surface area contributed by atoms with E-state index in [1.54, 1.807) is 6.20 Å². The van der Waals surface area contributed by atoms with Crippen molar-refractivity contribution in [3.63, 3.8) is 0 Å². The Morgan fingerprint density at radius 3 is 2.96 bits per heavy atom. The van der Waals surface area contributed by atoms with Gasteiger partial charge in [-0.15, -0.1) is 5.10 Å². The fraction of sp³-hybridized carbons (Fsp3) is 0.500. The Morgan fingerprint density at radius 2 is 2.26 bits per heavy atom. The highest BCUT2D eigenvalue weighted by molar-refractivity contribution is 5.92. The number of nitrogens with one attached hydrogen (secondary N) is 2. The van der Waals surface area contributed by atoms with Gasteiger partial charge >= 0.3 is 0 Å². The molecule has 1 fully saturated rings. The number of likely N-dealkylation sites (tertiary alicyclic amines) is 1. The van der Waals surface area contributed by atoms with E-state index in [4.69, 9.17) is 0 Å². The van der Waals surface area contributed by atoms with Crippen LogP contribution < -0.4 is 5.32 Å². The molecule has 1 aliphatic heterocycles. The largest absolute Gasteiger partial charge is 0.366 e. The minimum Gasteiger partial charge on any atom is -0.366 e. The number of amides is 1. The summed E-state index contributed by atoms with van der Waals surface area (Å²) < 4.78 is 0. The highest BCUT2D eigenvalue weighted by Gasteiger charge is 2.25. The van der Waals surface area contributed by atoms with Crippen molar-refractivity contribution in [2.75, 3.05) is 18.4 Å². The number of carbonyl (C=O) groups is 1. The zero-order valence-electron chi connectivity index (χ0n) is 13.3. The van der Waals surface area contributed by atoms with Gasteiger partial charge in [-0.3, -0.25) is 9.89 Å². The summed E-state index contributed by atoms with van der Waals surface area (Å²) in [5.41, 5.74) is 1.55. The van der Waals surface area contributed by atoms with E-state index >= 15 is 0 Å². The molecule has 122 valence electrons. The fourth-order valence-corrected chi connectivity index (χ4v) is 2.85. The molecule has 0 spiro atoms. The predicted octanol–water partition coefficient (Wildman–Crippen LogP) is 1.87. The first-order valence-electron chi connectivity index (χ1n) is 8.14. The Morgan fingerprint density at radius 1 is 1.43 bits per heavy atom. The van der Waals surface area contributed by atoms with Crippen molar-refractivity contribution in [3.8, 4) is 0 Å². The first kappa shape index (κ1) is 15.5. The second-order valence-corrected chi connectivity index (χ2v) is 5.85. The van der Waals surface area contributed by atoms with Crippen molar-refractivity contribution in [1.29, 1.82) is 0 Å². The van der Waals surface area contributed by atoms with Crippen LogP contribution in [0.5, 0.6) is 0 Å². The van der Waals surface area contributed by atoms with Gasteiger partial charge in [-0.05, 0) is 37.5 Å². The molecule has 0 aliphatic carbocycles. The zero-order chi connectivity index (χ0) is 16.1. The Bertz CT molecular complexity index is 633. The molecule has 2 N–H and O–H groups in total. The molecule has 1 aliphatic rings. The maximum Gasteiger partial charge on any atom is 0.274 e. The van der Waals surface area contributed by atoms with Crippen LogP contribution >= 0.6 is 0 Å². The lowest BCUT2D eigenvalue weighted by molar-refractivity contribution is 0.0712. The lowest BCUT2D eigenvalue weighted by atomic mass is 10.0. The van der Waals surface area contributed by atoms with E-state index in [2.05, 4.69) is 32.6 Å². The van der Waals surface area contributed by atoms with Crippen molar-refractivity contribution < 1.29 is 4.79 Å². The molecule has 3 rings (SSSR count). The summed E-state index contributed by atoms with van der Waals surface area (Å²) in [5, 5.41) is 18.4. The predicted molar refractivity (Wildman–Crippen MR) is 87.2 cm³/mol. The van der Waals surface area contributed by atoms with Crippen LogP contribution in [0.3, 0.4) is 0 Å². The normalized spacial score (nSPS) is 15.6. The second-order valence-electron chi connectivity index (χ2n) is 5.85. The average molecular weight is 314 g/mol. The lowest BCUT2D eigenvalue weighted by Crippen LogP contribution is -2.42. The molecule has 0 radical (unpaired) electrons. The molecule has 0 atom stereocenters. The van der Waals surface area contributed by atoms with Crippen molar-refractivity contribution in [3.05, 3.63) is 35.8 Å². The van der Waals surface area contributed by atoms with E-state index in [0.717, 1.165) is 50.3 Å². The first-order chi connectivity index (χ1) is 11.3. The zero-order valence-corrected chi connectivity index (χ0v) is 13.3. The Kier molecular flexibility index (Phi) is 4.85. The van der Waals surface area contributed by atoms with Crippen LogP contribution in [0.4, 0.5) is 5.82 Å². The summed E-state index contributed by atoms with van der Waals surface area (Å²) in [4.78, 5) is 14.4. The summed E-state index contributed by atoms with van der Waals surface area (Å²) in [7, 11) is 0. The van der Waals surface area contributed by atoms with E-state index < -0.39 is 0 Å². The maximum absolute atomic E-state index is 12.5. The summed E-state index contributed by atoms with van der Waals surface area (Å²) in [6.45, 7) is 3.57. The average Bonchev–Trinajstić information content (AvgIpc) is 3.05. The van der Waals surface area contributed by atoms with Gasteiger partial charge in [0.15, 0.2) is 0 Å². The first-order valence-corrected chi connectivity index (χ1v) is 8.14. The van der Waals surface area contributed by atoms with Gasteiger partial charge in [0.25, 0.3) is 5.91 Å². The molecular formula is C16H22N6O. The molecule has 23 heavy (non-hydrogen) atoms. The molecule has 0 saturated carbocycles. The van der Waals surface area contributed by atoms with E-state index in [1.165, 1.54) is 0 Å². The topological polar surface area (TPSA) is 86.8 Å². The molecule has 0 unspecified atom stereocenters. The van der Waals surface area contributed by atoms with Gasteiger partial charge in [0, 0.05) is 31.0 Å². The third-order valence-electron chi connectivity index (χ3n) is 4.08. The number of aromatic nitrogens is 4. The number of piperidine rings is 1. The minimum absolute atomic E-state index is 0.0153. The van der Waals surface area contributed by atoms with Crippen molar-refractivity contribution in [1.82, 2.24) is 25.3 Å². The monoisotopic (exact) mass is 314 g/mol. The number of aryl methyl sites for hydroxylation is 1. The number of anilines is 1. The molecule has 1 amide bonds. The van der Waals surface area contributed by atoms with Gasteiger partial charge in [-0.1, -0.05) is 13.3 Å². The maximum atomic E-state index is 12.5. The summed E-state index contributed by atoms with van der Waals surface area (Å²) in [5.74, 6) is 0.801. The van der Waals surface area contributed by atoms with Crippen LogP contribution in [-0.2, 0) is 6.42 Å². The van der Waals surface area contributed by atoms with Crippen LogP contribution in [-0.4, -0.2) is 50.3 Å². The van der Waals surface area contributed by atoms with Gasteiger partial charge in [-0.25, -0.2) is 0 Å². The highest BCUT2D eigenvalue weighted by Crippen LogP contribution is 2.16. The molecule has 1 saturated heterocycles. The van der Waals surface area contributed by atoms with E-state index in [1.807, 2.05) is 23.1 Å². The fourth-order valence-electron chi connectivity index (χ4n) is 2.85. The summed E-state index contributed by atoms with van der Waals surface area (Å²) >= 11 is 0. The second kappa shape index (κ2) is 7.21. The summed E-state index contributed by atoms with van der Waals surface area (Å²) in [6, 6.07) is 5.96. The molecule has 2 aromatic rings. The summed E-state index contributed by atoms with van der Waals surface area (Å²) in [6.07, 6.45) is 5.41. The number of hydrogen-bond acceptors (Lipinski definition) is 5. The number of nitrogens with zero attached hydrogens (tertiary/aromatic N) is 4. The third kappa shape index (κ3) is 3.85. The highest BCUT2D eigenvalue weighted by atomic mass is 16.2. The van der Waals surface area contributed by atoms with Crippen LogP contribution in [0.1, 0.15) is 42.4 Å². The molecule has 3 heterocycles. The molecule has 7 heteroatoms. The Balaban J connectivity index is 1.52. The van der Waals surface area contributed by atoms with Crippen molar-refractivity contribution in [2.45, 2.75) is 38.6 Å². The number of hydrogen-bond donors (Lipinski definition) is 2. The molecule has 2 aromatic heterocycles. The molecule has 7 nitrogen and oxygen atoms in total. The number of aromatic amines is 1. The number of carbonyl (C=O) groups excluding carboxylic acids is 1. The van der Waals surface area contributed by atoms with Gasteiger partial charge in [0.05, 0.1) is 0 Å². The van der Waals surface area contributed by atoms with Gasteiger partial charge in [0.1, 0.15) is 11.5 Å². The molecule has 0 aromatic carbocycles. The SMILES string of the molecule is CCCc1cc(C(=O)N2CCC(Nc3cccnn3)CC2)n[nH]1. The van der Waals surface area contributed by atoms with E-state index in [0.29, 0.717) is 11.7 Å². The van der Waals surface area contributed by atoms with Crippen LogP contribution in [0.15, 0.2) is 24.4 Å². The van der Waals surface area contributed by atoms with Crippen molar-refractivity contribution in [2.24, 2.45) is 0 Å². The quantitative estimate of drug-likeness (QED) is 0.880. The van der Waals surface area contributed by atoms with Crippen LogP contribution in [0.25, 0.3) is 0 Å². The Labute approximate surface area is 135 Å². The Hall–Kier alpha value is -2.44. The van der Waals surface area contributed by atoms with E-state index in [-0.39, 0.29) is 5.91 Å². The number of rotatable bonds is 5. The number of H-pyrrole nitrogens is 1. The van der Waals surface area contributed by atoms with Crippen molar-refractivity contribution >= 4 is 11.7 Å². The van der Waals surface area contributed by atoms with Crippen LogP contribution in [0, 0.1) is 0 Å². The molecule has 0 bridgehead atoms.